The molecular weight excluding hydrogens is 360 g/mol. The predicted molar refractivity (Wildman–Crippen MR) is 122 cm³/mol. The summed E-state index contributed by atoms with van der Waals surface area (Å²) < 4.78 is 6.87. The summed E-state index contributed by atoms with van der Waals surface area (Å²) in [5, 5.41) is 2.67. The van der Waals surface area contributed by atoms with Gasteiger partial charge in [-0.05, 0) is 34.3 Å². The highest BCUT2D eigenvalue weighted by molar-refractivity contribution is 6.99. The zero-order chi connectivity index (χ0) is 20.5. The summed E-state index contributed by atoms with van der Waals surface area (Å²) in [5.41, 5.74) is 0. The summed E-state index contributed by atoms with van der Waals surface area (Å²) in [7, 11) is -2.41. The second kappa shape index (κ2) is 10.5. The normalized spacial score (nSPS) is 12.0. The van der Waals surface area contributed by atoms with Gasteiger partial charge in [0, 0.05) is 13.0 Å². The summed E-state index contributed by atoms with van der Waals surface area (Å²) in [4.78, 5) is 11.3. The molecule has 2 aromatic rings. The van der Waals surface area contributed by atoms with Crippen molar-refractivity contribution in [3.8, 4) is 0 Å². The molecule has 2 aromatic carbocycles. The van der Waals surface area contributed by atoms with Crippen LogP contribution in [-0.2, 0) is 9.22 Å². The van der Waals surface area contributed by atoms with Crippen molar-refractivity contribution in [1.29, 1.82) is 0 Å². The Hall–Kier alpha value is -1.97. The van der Waals surface area contributed by atoms with E-state index < -0.39 is 8.32 Å². The number of allylic oxidation sites excluding steroid dienone is 1. The van der Waals surface area contributed by atoms with Gasteiger partial charge in [-0.15, -0.1) is 0 Å². The molecule has 2 rings (SSSR count). The van der Waals surface area contributed by atoms with Crippen molar-refractivity contribution < 1.29 is 9.22 Å². The van der Waals surface area contributed by atoms with Crippen molar-refractivity contribution in [3.63, 3.8) is 0 Å². The maximum atomic E-state index is 11.3. The van der Waals surface area contributed by atoms with Gasteiger partial charge in [-0.3, -0.25) is 4.79 Å². The van der Waals surface area contributed by atoms with Crippen LogP contribution < -0.4 is 10.4 Å². The fourth-order valence-electron chi connectivity index (χ4n) is 3.84. The maximum absolute atomic E-state index is 11.3. The number of rotatable bonds is 11. The Balaban J connectivity index is 2.14. The Labute approximate surface area is 171 Å². The number of ketones is 1. The number of carbonyl (C=O) groups excluding carboxylic acids is 1. The third-order valence-corrected chi connectivity index (χ3v) is 10.3. The molecule has 0 aliphatic heterocycles. The molecule has 28 heavy (non-hydrogen) atoms. The second-order valence-electron chi connectivity index (χ2n) is 8.35. The molecule has 0 amide bonds. The molecule has 0 aromatic heterocycles. The quantitative estimate of drug-likeness (QED) is 0.295. The first-order valence-electron chi connectivity index (χ1n) is 10.3. The highest BCUT2D eigenvalue weighted by Crippen LogP contribution is 2.36. The molecular formula is C25H34O2Si. The van der Waals surface area contributed by atoms with E-state index in [1.54, 1.807) is 0 Å². The van der Waals surface area contributed by atoms with Gasteiger partial charge in [0.1, 0.15) is 0 Å². The SMILES string of the molecule is C=CC(=O)CCCCCCO[Si](c1ccccc1)(c1ccccc1)C(C)(C)C. The van der Waals surface area contributed by atoms with E-state index in [0.717, 1.165) is 32.3 Å². The van der Waals surface area contributed by atoms with Gasteiger partial charge in [-0.25, -0.2) is 0 Å². The average Bonchev–Trinajstić information content (AvgIpc) is 2.70. The van der Waals surface area contributed by atoms with Crippen molar-refractivity contribution >= 4 is 24.5 Å². The number of unbranched alkanes of at least 4 members (excludes halogenated alkanes) is 3. The molecule has 0 heterocycles. The number of hydrogen-bond acceptors (Lipinski definition) is 2. The van der Waals surface area contributed by atoms with Crippen LogP contribution in [0.2, 0.25) is 5.04 Å². The van der Waals surface area contributed by atoms with Crippen LogP contribution in [0.3, 0.4) is 0 Å². The Morgan fingerprint density at radius 2 is 1.39 bits per heavy atom. The van der Waals surface area contributed by atoms with Crippen molar-refractivity contribution in [2.45, 2.75) is 57.9 Å². The lowest BCUT2D eigenvalue weighted by Gasteiger charge is -2.43. The van der Waals surface area contributed by atoms with Gasteiger partial charge in [0.2, 0.25) is 0 Å². The van der Waals surface area contributed by atoms with E-state index in [-0.39, 0.29) is 10.8 Å². The summed E-state index contributed by atoms with van der Waals surface area (Å²) in [5.74, 6) is 0.142. The molecule has 0 unspecified atom stereocenters. The summed E-state index contributed by atoms with van der Waals surface area (Å²) in [6, 6.07) is 21.5. The van der Waals surface area contributed by atoms with Crippen LogP contribution >= 0.6 is 0 Å². The molecule has 150 valence electrons. The Bertz CT molecular complexity index is 693. The molecule has 0 saturated carbocycles. The number of carbonyl (C=O) groups is 1. The van der Waals surface area contributed by atoms with Gasteiger partial charge >= 0.3 is 0 Å². The zero-order valence-corrected chi connectivity index (χ0v) is 18.6. The largest absolute Gasteiger partial charge is 0.407 e. The van der Waals surface area contributed by atoms with E-state index in [2.05, 4.69) is 88.0 Å². The maximum Gasteiger partial charge on any atom is 0.261 e. The number of hydrogen-bond donors (Lipinski definition) is 0. The second-order valence-corrected chi connectivity index (χ2v) is 12.7. The molecule has 0 fully saturated rings. The lowest BCUT2D eigenvalue weighted by Crippen LogP contribution is -2.66. The zero-order valence-electron chi connectivity index (χ0n) is 17.6. The van der Waals surface area contributed by atoms with E-state index in [4.69, 9.17) is 4.43 Å². The van der Waals surface area contributed by atoms with Crippen molar-refractivity contribution in [2.24, 2.45) is 0 Å². The minimum atomic E-state index is -2.41. The fourth-order valence-corrected chi connectivity index (χ4v) is 8.45. The minimum Gasteiger partial charge on any atom is -0.407 e. The fraction of sp³-hybridized carbons (Fsp3) is 0.400. The smallest absolute Gasteiger partial charge is 0.261 e. The first kappa shape index (κ1) is 22.3. The van der Waals surface area contributed by atoms with Crippen LogP contribution in [-0.4, -0.2) is 20.7 Å². The van der Waals surface area contributed by atoms with Gasteiger partial charge in [0.05, 0.1) is 0 Å². The van der Waals surface area contributed by atoms with E-state index >= 15 is 0 Å². The van der Waals surface area contributed by atoms with E-state index in [1.807, 2.05) is 0 Å². The first-order valence-corrected chi connectivity index (χ1v) is 12.2. The highest BCUT2D eigenvalue weighted by Gasteiger charge is 2.49. The van der Waals surface area contributed by atoms with Crippen LogP contribution in [0.15, 0.2) is 73.3 Å². The Morgan fingerprint density at radius 3 is 1.86 bits per heavy atom. The Kier molecular flexibility index (Phi) is 8.40. The Morgan fingerprint density at radius 1 is 0.893 bits per heavy atom. The van der Waals surface area contributed by atoms with Crippen LogP contribution in [0.1, 0.15) is 52.9 Å². The van der Waals surface area contributed by atoms with Gasteiger partial charge in [-0.2, -0.15) is 0 Å². The molecule has 0 aliphatic rings. The lowest BCUT2D eigenvalue weighted by molar-refractivity contribution is -0.114. The third kappa shape index (κ3) is 5.52. The summed E-state index contributed by atoms with van der Waals surface area (Å²) in [6.07, 6.45) is 6.13. The molecule has 0 N–H and O–H groups in total. The van der Waals surface area contributed by atoms with Crippen LogP contribution in [0.5, 0.6) is 0 Å². The van der Waals surface area contributed by atoms with Gasteiger partial charge in [0.25, 0.3) is 8.32 Å². The summed E-state index contributed by atoms with van der Waals surface area (Å²) in [6.45, 7) is 11.2. The van der Waals surface area contributed by atoms with E-state index in [9.17, 15) is 4.79 Å². The molecule has 2 nitrogen and oxygen atoms in total. The molecule has 0 atom stereocenters. The first-order chi connectivity index (χ1) is 13.4. The van der Waals surface area contributed by atoms with Crippen molar-refractivity contribution in [1.82, 2.24) is 0 Å². The average molecular weight is 395 g/mol. The van der Waals surface area contributed by atoms with E-state index in [1.165, 1.54) is 16.4 Å². The molecule has 0 saturated heterocycles. The molecule has 0 aliphatic carbocycles. The third-order valence-electron chi connectivity index (χ3n) is 5.28. The van der Waals surface area contributed by atoms with Gasteiger partial charge in [-0.1, -0.05) is 101 Å². The summed E-state index contributed by atoms with van der Waals surface area (Å²) >= 11 is 0. The number of benzene rings is 2. The molecule has 0 radical (unpaired) electrons. The highest BCUT2D eigenvalue weighted by atomic mass is 28.4. The predicted octanol–water partition coefficient (Wildman–Crippen LogP) is 5.27. The van der Waals surface area contributed by atoms with Crippen LogP contribution in [0.4, 0.5) is 0 Å². The molecule has 3 heteroatoms. The lowest BCUT2D eigenvalue weighted by atomic mass is 10.1. The van der Waals surface area contributed by atoms with Gasteiger partial charge in [0.15, 0.2) is 5.78 Å². The van der Waals surface area contributed by atoms with Gasteiger partial charge < -0.3 is 4.43 Å². The van der Waals surface area contributed by atoms with Crippen LogP contribution in [0.25, 0.3) is 0 Å². The molecule has 0 spiro atoms. The van der Waals surface area contributed by atoms with Crippen LogP contribution in [0, 0.1) is 0 Å². The van der Waals surface area contributed by atoms with Crippen molar-refractivity contribution in [3.05, 3.63) is 73.3 Å². The monoisotopic (exact) mass is 394 g/mol. The van der Waals surface area contributed by atoms with E-state index in [0.29, 0.717) is 6.42 Å². The van der Waals surface area contributed by atoms with Crippen molar-refractivity contribution in [2.75, 3.05) is 6.61 Å². The minimum absolute atomic E-state index is 0.0199. The topological polar surface area (TPSA) is 26.3 Å². The standard InChI is InChI=1S/C25H34O2Si/c1-5-22(26)16-10-6-7-15-21-27-28(25(2,3)4,23-17-11-8-12-18-23)24-19-13-9-14-20-24/h5,8-9,11-14,17-20H,1,6-7,10,15-16,21H2,2-4H3. The molecule has 0 bridgehead atoms.